The van der Waals surface area contributed by atoms with Gasteiger partial charge in [0.15, 0.2) is 0 Å². The van der Waals surface area contributed by atoms with Crippen LogP contribution in [0.1, 0.15) is 32.6 Å². The number of rotatable bonds is 13. The van der Waals surface area contributed by atoms with E-state index in [0.29, 0.717) is 33.0 Å². The summed E-state index contributed by atoms with van der Waals surface area (Å²) < 4.78 is 16.0. The Hall–Kier alpha value is -0.450. The second kappa shape index (κ2) is 14.6. The predicted octanol–water partition coefficient (Wildman–Crippen LogP) is 2.27. The molecule has 16 heavy (non-hydrogen) atoms. The third-order valence-corrected chi connectivity index (χ3v) is 2.02. The first-order valence-corrected chi connectivity index (χ1v) is 6.14. The van der Waals surface area contributed by atoms with Crippen molar-refractivity contribution in [1.29, 1.82) is 5.41 Å². The second-order valence-electron chi connectivity index (χ2n) is 3.54. The molecule has 0 radical (unpaired) electrons. The summed E-state index contributed by atoms with van der Waals surface area (Å²) in [7, 11) is 0. The van der Waals surface area contributed by atoms with Gasteiger partial charge in [0.25, 0.3) is 0 Å². The molecule has 4 heteroatoms. The van der Waals surface area contributed by atoms with Gasteiger partial charge < -0.3 is 19.6 Å². The molecule has 0 spiro atoms. The van der Waals surface area contributed by atoms with Crippen molar-refractivity contribution in [2.75, 3.05) is 39.6 Å². The van der Waals surface area contributed by atoms with Crippen molar-refractivity contribution in [3.63, 3.8) is 0 Å². The maximum absolute atomic E-state index is 6.82. The molecule has 1 N–H and O–H groups in total. The Morgan fingerprint density at radius 1 is 0.812 bits per heavy atom. The Balaban J connectivity index is 2.85. The Kier molecular flexibility index (Phi) is 14.1. The van der Waals surface area contributed by atoms with Crippen LogP contribution in [0.4, 0.5) is 0 Å². The van der Waals surface area contributed by atoms with E-state index >= 15 is 0 Å². The van der Waals surface area contributed by atoms with Gasteiger partial charge in [-0.15, -0.1) is 0 Å². The second-order valence-corrected chi connectivity index (χ2v) is 3.54. The molecule has 0 aliphatic heterocycles. The van der Waals surface area contributed by atoms with Crippen LogP contribution in [-0.2, 0) is 14.2 Å². The summed E-state index contributed by atoms with van der Waals surface area (Å²) in [6.07, 6.45) is 5.42. The van der Waals surface area contributed by atoms with Crippen LogP contribution >= 0.6 is 0 Å². The average Bonchev–Trinajstić information content (AvgIpc) is 2.31. The fourth-order valence-electron chi connectivity index (χ4n) is 1.08. The lowest BCUT2D eigenvalue weighted by Crippen LogP contribution is -2.10. The standard InChI is InChI=1S/C12H25NO3/c1-2-3-7-14-9-11-16-12-10-15-8-5-4-6-13/h6,13H,2-5,7-12H2,1H3. The van der Waals surface area contributed by atoms with E-state index in [0.717, 1.165) is 25.9 Å². The van der Waals surface area contributed by atoms with Crippen LogP contribution in [-0.4, -0.2) is 45.9 Å². The van der Waals surface area contributed by atoms with Gasteiger partial charge in [-0.05, 0) is 25.5 Å². The van der Waals surface area contributed by atoms with E-state index in [2.05, 4.69) is 6.92 Å². The highest BCUT2D eigenvalue weighted by molar-refractivity contribution is 5.52. The van der Waals surface area contributed by atoms with Crippen molar-refractivity contribution >= 4 is 6.21 Å². The predicted molar refractivity (Wildman–Crippen MR) is 65.4 cm³/mol. The van der Waals surface area contributed by atoms with Crippen molar-refractivity contribution in [3.8, 4) is 0 Å². The first kappa shape index (κ1) is 15.6. The van der Waals surface area contributed by atoms with Crippen LogP contribution in [0.3, 0.4) is 0 Å². The fourth-order valence-corrected chi connectivity index (χ4v) is 1.08. The zero-order valence-corrected chi connectivity index (χ0v) is 10.4. The molecule has 0 rings (SSSR count). The van der Waals surface area contributed by atoms with Gasteiger partial charge in [0.05, 0.1) is 26.4 Å². The minimum atomic E-state index is 0.627. The highest BCUT2D eigenvalue weighted by atomic mass is 16.5. The first-order chi connectivity index (χ1) is 7.91. The van der Waals surface area contributed by atoms with Crippen LogP contribution in [0.5, 0.6) is 0 Å². The summed E-state index contributed by atoms with van der Waals surface area (Å²) in [5.41, 5.74) is 0. The third kappa shape index (κ3) is 13.5. The smallest absolute Gasteiger partial charge is 0.0701 e. The van der Waals surface area contributed by atoms with Gasteiger partial charge in [0.2, 0.25) is 0 Å². The molecule has 0 heterocycles. The van der Waals surface area contributed by atoms with Crippen LogP contribution in [0.15, 0.2) is 0 Å². The summed E-state index contributed by atoms with van der Waals surface area (Å²) in [5, 5.41) is 6.82. The van der Waals surface area contributed by atoms with Crippen molar-refractivity contribution in [1.82, 2.24) is 0 Å². The highest BCUT2D eigenvalue weighted by Crippen LogP contribution is 1.89. The van der Waals surface area contributed by atoms with Crippen LogP contribution < -0.4 is 0 Å². The molecule has 0 saturated heterocycles. The van der Waals surface area contributed by atoms with Crippen molar-refractivity contribution < 1.29 is 14.2 Å². The summed E-state index contributed by atoms with van der Waals surface area (Å²) in [6, 6.07) is 0. The van der Waals surface area contributed by atoms with Crippen LogP contribution in [0, 0.1) is 5.41 Å². The van der Waals surface area contributed by atoms with Crippen LogP contribution in [0.25, 0.3) is 0 Å². The summed E-state index contributed by atoms with van der Waals surface area (Å²) in [6.45, 7) is 6.28. The fraction of sp³-hybridized carbons (Fsp3) is 0.917. The number of hydrogen-bond donors (Lipinski definition) is 1. The van der Waals surface area contributed by atoms with Crippen molar-refractivity contribution in [2.45, 2.75) is 32.6 Å². The lowest BCUT2D eigenvalue weighted by molar-refractivity contribution is 0.0139. The van der Waals surface area contributed by atoms with E-state index in [1.165, 1.54) is 12.6 Å². The molecule has 0 unspecified atom stereocenters. The van der Waals surface area contributed by atoms with Gasteiger partial charge in [0.1, 0.15) is 0 Å². The summed E-state index contributed by atoms with van der Waals surface area (Å²) in [5.74, 6) is 0. The zero-order chi connectivity index (χ0) is 11.9. The minimum absolute atomic E-state index is 0.627. The first-order valence-electron chi connectivity index (χ1n) is 6.14. The van der Waals surface area contributed by atoms with E-state index in [-0.39, 0.29) is 0 Å². The Morgan fingerprint density at radius 3 is 1.81 bits per heavy atom. The molecule has 0 bridgehead atoms. The van der Waals surface area contributed by atoms with E-state index < -0.39 is 0 Å². The number of unbranched alkanes of at least 4 members (excludes halogenated alkanes) is 2. The van der Waals surface area contributed by atoms with Crippen LogP contribution in [0.2, 0.25) is 0 Å². The molecular weight excluding hydrogens is 206 g/mol. The molecule has 0 aliphatic carbocycles. The molecule has 0 aromatic carbocycles. The molecule has 0 aliphatic rings. The average molecular weight is 231 g/mol. The molecule has 0 fully saturated rings. The number of hydrogen-bond acceptors (Lipinski definition) is 4. The van der Waals surface area contributed by atoms with E-state index in [9.17, 15) is 0 Å². The molecule has 0 aromatic rings. The van der Waals surface area contributed by atoms with Gasteiger partial charge in [-0.2, -0.15) is 0 Å². The van der Waals surface area contributed by atoms with Gasteiger partial charge >= 0.3 is 0 Å². The third-order valence-electron chi connectivity index (χ3n) is 2.02. The molecule has 0 amide bonds. The maximum atomic E-state index is 6.82. The van der Waals surface area contributed by atoms with Crippen molar-refractivity contribution in [2.24, 2.45) is 0 Å². The van der Waals surface area contributed by atoms with E-state index in [4.69, 9.17) is 19.6 Å². The summed E-state index contributed by atoms with van der Waals surface area (Å²) in [4.78, 5) is 0. The topological polar surface area (TPSA) is 51.5 Å². The quantitative estimate of drug-likeness (QED) is 0.391. The SMILES string of the molecule is CCCCOCCOCCOCCCC=N. The molecule has 96 valence electrons. The monoisotopic (exact) mass is 231 g/mol. The Bertz CT molecular complexity index is 142. The molecule has 0 saturated carbocycles. The van der Waals surface area contributed by atoms with Gasteiger partial charge in [0, 0.05) is 13.2 Å². The van der Waals surface area contributed by atoms with Gasteiger partial charge in [-0.3, -0.25) is 0 Å². The van der Waals surface area contributed by atoms with Gasteiger partial charge in [-0.25, -0.2) is 0 Å². The Labute approximate surface area is 98.8 Å². The normalized spacial score (nSPS) is 10.6. The zero-order valence-electron chi connectivity index (χ0n) is 10.4. The number of nitrogens with one attached hydrogen (secondary N) is 1. The minimum Gasteiger partial charge on any atom is -0.379 e. The molecular formula is C12H25NO3. The molecule has 4 nitrogen and oxygen atoms in total. The van der Waals surface area contributed by atoms with Crippen molar-refractivity contribution in [3.05, 3.63) is 0 Å². The van der Waals surface area contributed by atoms with E-state index in [1.54, 1.807) is 0 Å². The highest BCUT2D eigenvalue weighted by Gasteiger charge is 1.91. The Morgan fingerprint density at radius 2 is 1.31 bits per heavy atom. The number of ether oxygens (including phenoxy) is 3. The lowest BCUT2D eigenvalue weighted by Gasteiger charge is -2.06. The maximum Gasteiger partial charge on any atom is 0.0701 e. The van der Waals surface area contributed by atoms with Gasteiger partial charge in [-0.1, -0.05) is 13.3 Å². The molecule has 0 atom stereocenters. The summed E-state index contributed by atoms with van der Waals surface area (Å²) >= 11 is 0. The van der Waals surface area contributed by atoms with E-state index in [1.807, 2.05) is 0 Å². The molecule has 0 aromatic heterocycles. The lowest BCUT2D eigenvalue weighted by atomic mass is 10.3. The largest absolute Gasteiger partial charge is 0.379 e.